The summed E-state index contributed by atoms with van der Waals surface area (Å²) in [6, 6.07) is 0. The van der Waals surface area contributed by atoms with E-state index in [0.717, 1.165) is 0 Å². The minimum atomic E-state index is -0.931. The predicted octanol–water partition coefficient (Wildman–Crippen LogP) is -1.92. The van der Waals surface area contributed by atoms with Crippen molar-refractivity contribution in [3.05, 3.63) is 32.6 Å². The Morgan fingerprint density at radius 3 is 2.84 bits per heavy atom. The van der Waals surface area contributed by atoms with Crippen LogP contribution in [-0.4, -0.2) is 46.6 Å². The van der Waals surface area contributed by atoms with Crippen LogP contribution in [-0.2, 0) is 9.47 Å². The number of rotatable bonds is 3. The molecule has 8 heteroatoms. The highest BCUT2D eigenvalue weighted by Gasteiger charge is 2.44. The van der Waals surface area contributed by atoms with Crippen molar-refractivity contribution >= 4 is 0 Å². The molecule has 4 atom stereocenters. The van der Waals surface area contributed by atoms with E-state index in [4.69, 9.17) is 15.2 Å². The molecule has 4 N–H and O–H groups in total. The van der Waals surface area contributed by atoms with Crippen LogP contribution in [0, 0.1) is 6.92 Å². The van der Waals surface area contributed by atoms with Crippen molar-refractivity contribution < 1.29 is 14.6 Å². The van der Waals surface area contributed by atoms with Gasteiger partial charge in [-0.15, -0.1) is 0 Å². The molecular weight excluding hydrogens is 254 g/mol. The summed E-state index contributed by atoms with van der Waals surface area (Å²) in [6.07, 6.45) is -1.72. The highest BCUT2D eigenvalue weighted by molar-refractivity contribution is 5.03. The lowest BCUT2D eigenvalue weighted by Gasteiger charge is -2.20. The molecule has 1 fully saturated rings. The van der Waals surface area contributed by atoms with Gasteiger partial charge in [0, 0.05) is 25.4 Å². The first kappa shape index (κ1) is 13.9. The smallest absolute Gasteiger partial charge is 0.330 e. The van der Waals surface area contributed by atoms with Gasteiger partial charge in [-0.25, -0.2) is 4.79 Å². The minimum absolute atomic E-state index is 0.106. The summed E-state index contributed by atoms with van der Waals surface area (Å²) in [5.41, 5.74) is 4.78. The van der Waals surface area contributed by atoms with Crippen LogP contribution in [0.5, 0.6) is 0 Å². The number of nitrogens with zero attached hydrogens (tertiary/aromatic N) is 1. The van der Waals surface area contributed by atoms with Gasteiger partial charge in [0.15, 0.2) is 6.23 Å². The van der Waals surface area contributed by atoms with Gasteiger partial charge in [-0.05, 0) is 6.92 Å². The van der Waals surface area contributed by atoms with Crippen LogP contribution in [0.3, 0.4) is 0 Å². The Bertz CT molecular complexity index is 566. The molecule has 1 aromatic rings. The molecule has 0 bridgehead atoms. The fourth-order valence-electron chi connectivity index (χ4n) is 2.17. The van der Waals surface area contributed by atoms with Gasteiger partial charge in [0.05, 0.1) is 0 Å². The number of aliphatic hydroxyl groups excluding tert-OH is 1. The first-order valence-corrected chi connectivity index (χ1v) is 5.88. The molecule has 0 aromatic carbocycles. The zero-order valence-electron chi connectivity index (χ0n) is 10.7. The molecule has 0 radical (unpaired) electrons. The summed E-state index contributed by atoms with van der Waals surface area (Å²) in [4.78, 5) is 25.3. The van der Waals surface area contributed by atoms with Crippen LogP contribution in [0.4, 0.5) is 0 Å². The van der Waals surface area contributed by atoms with Crippen molar-refractivity contribution in [2.45, 2.75) is 31.5 Å². The number of nitrogens with one attached hydrogen (secondary N) is 1. The van der Waals surface area contributed by atoms with Gasteiger partial charge in [0.25, 0.3) is 5.56 Å². The normalized spacial score (nSPS) is 30.7. The van der Waals surface area contributed by atoms with Crippen molar-refractivity contribution in [2.75, 3.05) is 13.7 Å². The number of aryl methyl sites for hydroxylation is 1. The number of nitrogens with two attached hydrogens (primary N) is 1. The molecule has 106 valence electrons. The monoisotopic (exact) mass is 271 g/mol. The third-order valence-electron chi connectivity index (χ3n) is 3.24. The molecule has 0 saturated carbocycles. The Morgan fingerprint density at radius 2 is 2.26 bits per heavy atom. The van der Waals surface area contributed by atoms with Crippen molar-refractivity contribution in [3.63, 3.8) is 0 Å². The van der Waals surface area contributed by atoms with Crippen LogP contribution in [0.2, 0.25) is 0 Å². The molecule has 1 aromatic heterocycles. The molecule has 1 saturated heterocycles. The molecule has 0 aliphatic carbocycles. The quantitative estimate of drug-likeness (QED) is 0.589. The second kappa shape index (κ2) is 5.25. The first-order valence-electron chi connectivity index (χ1n) is 5.88. The van der Waals surface area contributed by atoms with E-state index < -0.39 is 35.8 Å². The summed E-state index contributed by atoms with van der Waals surface area (Å²) in [5, 5.41) is 9.98. The maximum absolute atomic E-state index is 11.8. The number of aromatic amines is 1. The largest absolute Gasteiger partial charge is 0.387 e. The highest BCUT2D eigenvalue weighted by Crippen LogP contribution is 2.29. The average molecular weight is 271 g/mol. The number of methoxy groups -OCH3 is 1. The lowest BCUT2D eigenvalue weighted by Crippen LogP contribution is -2.39. The third-order valence-corrected chi connectivity index (χ3v) is 3.24. The number of hydrogen-bond acceptors (Lipinski definition) is 6. The van der Waals surface area contributed by atoms with E-state index in [2.05, 4.69) is 4.98 Å². The second-order valence-electron chi connectivity index (χ2n) is 4.47. The van der Waals surface area contributed by atoms with Gasteiger partial charge < -0.3 is 20.3 Å². The van der Waals surface area contributed by atoms with Crippen LogP contribution in [0.15, 0.2) is 15.8 Å². The standard InChI is InChI=1S/C11H17N3O5/c1-5-4-14(11(17)13-9(5)16)10-8(18-2)7(15)6(3-12)19-10/h4,6-8,10,15H,3,12H2,1-2H3,(H,13,16,17). The van der Waals surface area contributed by atoms with Crippen molar-refractivity contribution in [2.24, 2.45) is 5.73 Å². The van der Waals surface area contributed by atoms with Gasteiger partial charge in [-0.1, -0.05) is 0 Å². The lowest BCUT2D eigenvalue weighted by atomic mass is 10.1. The molecule has 2 heterocycles. The predicted molar refractivity (Wildman–Crippen MR) is 65.8 cm³/mol. The fraction of sp³-hybridized carbons (Fsp3) is 0.636. The Morgan fingerprint density at radius 1 is 1.58 bits per heavy atom. The summed E-state index contributed by atoms with van der Waals surface area (Å²) in [7, 11) is 1.41. The van der Waals surface area contributed by atoms with Crippen LogP contribution in [0.25, 0.3) is 0 Å². The summed E-state index contributed by atoms with van der Waals surface area (Å²) >= 11 is 0. The first-order chi connectivity index (χ1) is 8.99. The Kier molecular flexibility index (Phi) is 3.85. The van der Waals surface area contributed by atoms with Crippen molar-refractivity contribution in [3.8, 4) is 0 Å². The molecule has 2 rings (SSSR count). The Hall–Kier alpha value is -1.48. The highest BCUT2D eigenvalue weighted by atomic mass is 16.6. The third kappa shape index (κ3) is 2.35. The zero-order valence-corrected chi connectivity index (χ0v) is 10.7. The topological polar surface area (TPSA) is 120 Å². The van der Waals surface area contributed by atoms with Gasteiger partial charge in [0.2, 0.25) is 0 Å². The average Bonchev–Trinajstić information content (AvgIpc) is 2.70. The number of aliphatic hydroxyl groups is 1. The van der Waals surface area contributed by atoms with Crippen LogP contribution < -0.4 is 17.0 Å². The van der Waals surface area contributed by atoms with E-state index >= 15 is 0 Å². The van der Waals surface area contributed by atoms with Crippen molar-refractivity contribution in [1.29, 1.82) is 0 Å². The van der Waals surface area contributed by atoms with Gasteiger partial charge in [-0.2, -0.15) is 0 Å². The van der Waals surface area contributed by atoms with Crippen LogP contribution in [0.1, 0.15) is 11.8 Å². The van der Waals surface area contributed by atoms with Gasteiger partial charge in [-0.3, -0.25) is 14.3 Å². The summed E-state index contributed by atoms with van der Waals surface area (Å²) in [6.45, 7) is 1.68. The van der Waals surface area contributed by atoms with E-state index in [-0.39, 0.29) is 6.54 Å². The Labute approximate surface area is 108 Å². The van der Waals surface area contributed by atoms with E-state index in [0.29, 0.717) is 5.56 Å². The van der Waals surface area contributed by atoms with E-state index in [9.17, 15) is 14.7 Å². The summed E-state index contributed by atoms with van der Waals surface area (Å²) in [5.74, 6) is 0. The molecule has 4 unspecified atom stereocenters. The molecule has 0 spiro atoms. The maximum Gasteiger partial charge on any atom is 0.330 e. The van der Waals surface area contributed by atoms with Gasteiger partial charge >= 0.3 is 5.69 Å². The number of hydrogen-bond donors (Lipinski definition) is 3. The van der Waals surface area contributed by atoms with E-state index in [1.165, 1.54) is 17.9 Å². The zero-order chi connectivity index (χ0) is 14.2. The van der Waals surface area contributed by atoms with Crippen LogP contribution >= 0.6 is 0 Å². The van der Waals surface area contributed by atoms with E-state index in [1.807, 2.05) is 0 Å². The Balaban J connectivity index is 2.44. The molecule has 1 aliphatic rings. The van der Waals surface area contributed by atoms with Gasteiger partial charge in [0.1, 0.15) is 18.3 Å². The SMILES string of the molecule is COC1C(O)C(CN)OC1n1cc(C)c(=O)[nH]c1=O. The molecule has 0 amide bonds. The number of aromatic nitrogens is 2. The molecule has 8 nitrogen and oxygen atoms in total. The second-order valence-corrected chi connectivity index (χ2v) is 4.47. The van der Waals surface area contributed by atoms with Crippen molar-refractivity contribution in [1.82, 2.24) is 9.55 Å². The molecule has 19 heavy (non-hydrogen) atoms. The minimum Gasteiger partial charge on any atom is -0.387 e. The van der Waals surface area contributed by atoms with E-state index in [1.54, 1.807) is 6.92 Å². The lowest BCUT2D eigenvalue weighted by molar-refractivity contribution is -0.0527. The fourth-order valence-corrected chi connectivity index (χ4v) is 2.17. The molecular formula is C11H17N3O5. The summed E-state index contributed by atoms with van der Waals surface area (Å²) < 4.78 is 11.9. The maximum atomic E-state index is 11.8. The number of ether oxygens (including phenoxy) is 2. The number of H-pyrrole nitrogens is 1. The molecule has 1 aliphatic heterocycles.